The molecule has 0 atom stereocenters. The zero-order valence-corrected chi connectivity index (χ0v) is 19.4. The Hall–Kier alpha value is -3.91. The number of carbonyl (C=O) groups excluding carboxylic acids is 2. The monoisotopic (exact) mass is 540 g/mol. The summed E-state index contributed by atoms with van der Waals surface area (Å²) in [7, 11) is 0. The van der Waals surface area contributed by atoms with Crippen molar-refractivity contribution < 1.29 is 40.7 Å². The lowest BCUT2D eigenvalue weighted by Crippen LogP contribution is -2.49. The van der Waals surface area contributed by atoms with E-state index in [0.29, 0.717) is 31.9 Å². The molecule has 15 heteroatoms. The first kappa shape index (κ1) is 24.4. The molecule has 3 aromatic heterocycles. The first-order valence-corrected chi connectivity index (χ1v) is 11.6. The summed E-state index contributed by atoms with van der Waals surface area (Å²) >= 11 is 0. The van der Waals surface area contributed by atoms with E-state index in [1.54, 1.807) is 0 Å². The second kappa shape index (κ2) is 7.80. The maximum absolute atomic E-state index is 13.6. The standard InChI is InChI=1S/C23H18F6N6O3/c24-22(25,26)12-5-13(7-30-6-12)34-9-15(36)35(19(34)37)20-1-3-21(10-20,4-2-20)38-18-16-14(23(27,28)29)8-31-17(16)32-11-33-18/h5-8,11H,1-4,9-10H2,(H,31,32,33). The third-order valence-corrected chi connectivity index (χ3v) is 7.60. The molecule has 2 aliphatic carbocycles. The molecule has 2 bridgehead atoms. The molecular weight excluding hydrogens is 522 g/mol. The van der Waals surface area contributed by atoms with Crippen LogP contribution >= 0.6 is 0 Å². The van der Waals surface area contributed by atoms with E-state index in [-0.39, 0.29) is 29.0 Å². The summed E-state index contributed by atoms with van der Waals surface area (Å²) in [5.74, 6) is -0.837. The van der Waals surface area contributed by atoms with E-state index in [2.05, 4.69) is 19.9 Å². The van der Waals surface area contributed by atoms with Gasteiger partial charge in [0, 0.05) is 18.8 Å². The predicted octanol–water partition coefficient (Wildman–Crippen LogP) is 4.69. The lowest BCUT2D eigenvalue weighted by atomic mass is 9.91. The number of H-pyrrole nitrogens is 1. The van der Waals surface area contributed by atoms with Gasteiger partial charge >= 0.3 is 18.4 Å². The normalized spacial score (nSPS) is 25.7. The number of ether oxygens (including phenoxy) is 1. The maximum Gasteiger partial charge on any atom is 0.418 e. The smallest absolute Gasteiger partial charge is 0.418 e. The van der Waals surface area contributed by atoms with Gasteiger partial charge in [0.2, 0.25) is 5.88 Å². The van der Waals surface area contributed by atoms with Crippen molar-refractivity contribution in [3.05, 3.63) is 42.1 Å². The Labute approximate surface area is 209 Å². The van der Waals surface area contributed by atoms with Gasteiger partial charge in [-0.05, 0) is 31.7 Å². The van der Waals surface area contributed by atoms with Gasteiger partial charge in [-0.25, -0.2) is 14.8 Å². The SMILES string of the molecule is O=C1CN(c2cncc(C(F)(F)F)c2)C(=O)N1C12CCC(Oc3ncnc4[nH]cc(C(F)(F)F)c34)(CC1)C2. The average molecular weight is 540 g/mol. The Kier molecular flexibility index (Phi) is 5.01. The van der Waals surface area contributed by atoms with Crippen LogP contribution < -0.4 is 9.64 Å². The molecule has 3 fully saturated rings. The number of aromatic nitrogens is 4. The minimum Gasteiger partial charge on any atom is -0.470 e. The van der Waals surface area contributed by atoms with Crippen LogP contribution in [0.25, 0.3) is 11.0 Å². The summed E-state index contributed by atoms with van der Waals surface area (Å²) in [6.45, 7) is -0.456. The summed E-state index contributed by atoms with van der Waals surface area (Å²) in [5.41, 5.74) is -4.19. The van der Waals surface area contributed by atoms with Crippen LogP contribution in [0.3, 0.4) is 0 Å². The van der Waals surface area contributed by atoms with Crippen molar-refractivity contribution in [3.8, 4) is 5.88 Å². The zero-order chi connectivity index (χ0) is 27.1. The number of rotatable bonds is 4. The van der Waals surface area contributed by atoms with Crippen LogP contribution in [0.5, 0.6) is 5.88 Å². The topological polar surface area (TPSA) is 104 Å². The Balaban J connectivity index is 1.28. The number of aromatic amines is 1. The fraction of sp³-hybridized carbons (Fsp3) is 0.435. The van der Waals surface area contributed by atoms with Gasteiger partial charge in [-0.15, -0.1) is 0 Å². The molecule has 0 radical (unpaired) electrons. The Morgan fingerprint density at radius 1 is 0.974 bits per heavy atom. The van der Waals surface area contributed by atoms with Crippen molar-refractivity contribution in [2.75, 3.05) is 11.4 Å². The summed E-state index contributed by atoms with van der Waals surface area (Å²) < 4.78 is 86.3. The molecule has 38 heavy (non-hydrogen) atoms. The summed E-state index contributed by atoms with van der Waals surface area (Å²) in [6.07, 6.45) is -4.30. The number of carbonyl (C=O) groups is 2. The van der Waals surface area contributed by atoms with E-state index in [0.717, 1.165) is 34.6 Å². The molecule has 9 nitrogen and oxygen atoms in total. The van der Waals surface area contributed by atoms with E-state index < -0.39 is 53.1 Å². The number of hydrogen-bond acceptors (Lipinski definition) is 6. The van der Waals surface area contributed by atoms with Crippen LogP contribution in [0.2, 0.25) is 0 Å². The van der Waals surface area contributed by atoms with Crippen molar-refractivity contribution in [2.45, 2.75) is 55.6 Å². The third-order valence-electron chi connectivity index (χ3n) is 7.60. The molecule has 4 heterocycles. The van der Waals surface area contributed by atoms with Gasteiger partial charge < -0.3 is 9.72 Å². The summed E-state index contributed by atoms with van der Waals surface area (Å²) in [4.78, 5) is 42.2. The zero-order valence-electron chi connectivity index (χ0n) is 19.4. The lowest BCUT2D eigenvalue weighted by Gasteiger charge is -2.34. The number of urea groups is 1. The van der Waals surface area contributed by atoms with Crippen LogP contribution in [0.1, 0.15) is 43.2 Å². The van der Waals surface area contributed by atoms with Gasteiger partial charge in [-0.2, -0.15) is 26.3 Å². The van der Waals surface area contributed by atoms with Crippen molar-refractivity contribution in [3.63, 3.8) is 0 Å². The van der Waals surface area contributed by atoms with Crippen LogP contribution in [-0.4, -0.2) is 54.5 Å². The number of hydrogen-bond donors (Lipinski definition) is 1. The number of pyridine rings is 1. The summed E-state index contributed by atoms with van der Waals surface area (Å²) in [5, 5.41) is -0.310. The third kappa shape index (κ3) is 3.66. The fourth-order valence-corrected chi connectivity index (χ4v) is 5.91. The number of imide groups is 1. The first-order chi connectivity index (χ1) is 17.8. The van der Waals surface area contributed by atoms with Gasteiger partial charge in [0.15, 0.2) is 0 Å². The molecule has 3 aromatic rings. The molecule has 3 amide bonds. The predicted molar refractivity (Wildman–Crippen MR) is 117 cm³/mol. The summed E-state index contributed by atoms with van der Waals surface area (Å²) in [6, 6.07) is -0.0193. The van der Waals surface area contributed by atoms with Gasteiger partial charge in [0.1, 0.15) is 24.1 Å². The molecule has 3 aliphatic rings. The molecule has 0 unspecified atom stereocenters. The van der Waals surface area contributed by atoms with Gasteiger partial charge in [0.25, 0.3) is 5.91 Å². The van der Waals surface area contributed by atoms with Crippen LogP contribution in [0.15, 0.2) is 31.0 Å². The van der Waals surface area contributed by atoms with Crippen molar-refractivity contribution >= 4 is 28.7 Å². The molecule has 0 spiro atoms. The fourth-order valence-electron chi connectivity index (χ4n) is 5.91. The highest BCUT2D eigenvalue weighted by atomic mass is 19.4. The van der Waals surface area contributed by atoms with E-state index in [1.807, 2.05) is 0 Å². The van der Waals surface area contributed by atoms with E-state index in [9.17, 15) is 35.9 Å². The Bertz CT molecular complexity index is 1460. The van der Waals surface area contributed by atoms with Gasteiger partial charge in [-0.1, -0.05) is 0 Å². The molecule has 2 saturated carbocycles. The number of alkyl halides is 6. The number of nitrogens with zero attached hydrogens (tertiary/aromatic N) is 5. The van der Waals surface area contributed by atoms with E-state index in [1.165, 1.54) is 0 Å². The van der Waals surface area contributed by atoms with E-state index >= 15 is 0 Å². The number of nitrogens with one attached hydrogen (secondary N) is 1. The molecule has 0 aromatic carbocycles. The minimum atomic E-state index is -4.68. The Morgan fingerprint density at radius 3 is 2.39 bits per heavy atom. The molecule has 6 rings (SSSR count). The Morgan fingerprint density at radius 2 is 1.71 bits per heavy atom. The maximum atomic E-state index is 13.6. The van der Waals surface area contributed by atoms with E-state index in [4.69, 9.17) is 4.74 Å². The first-order valence-electron chi connectivity index (χ1n) is 11.6. The van der Waals surface area contributed by atoms with Crippen molar-refractivity contribution in [1.82, 2.24) is 24.8 Å². The van der Waals surface area contributed by atoms with Crippen LogP contribution in [0, 0.1) is 0 Å². The number of anilines is 1. The highest BCUT2D eigenvalue weighted by Crippen LogP contribution is 2.57. The van der Waals surface area contributed by atoms with Crippen LogP contribution in [-0.2, 0) is 17.1 Å². The van der Waals surface area contributed by atoms with Crippen molar-refractivity contribution in [2.24, 2.45) is 0 Å². The van der Waals surface area contributed by atoms with Gasteiger partial charge in [-0.3, -0.25) is 19.6 Å². The molecule has 1 N–H and O–H groups in total. The lowest BCUT2D eigenvalue weighted by molar-refractivity contribution is -0.138. The number of amides is 3. The average Bonchev–Trinajstić information content (AvgIpc) is 3.59. The minimum absolute atomic E-state index is 0.0452. The van der Waals surface area contributed by atoms with Crippen LogP contribution in [0.4, 0.5) is 36.8 Å². The van der Waals surface area contributed by atoms with Crippen molar-refractivity contribution in [1.29, 1.82) is 0 Å². The molecular formula is C23H18F6N6O3. The number of fused-ring (bicyclic) bond motifs is 3. The second-order valence-corrected chi connectivity index (χ2v) is 9.82. The molecule has 1 aliphatic heterocycles. The number of halogens is 6. The highest BCUT2D eigenvalue weighted by Gasteiger charge is 2.63. The largest absolute Gasteiger partial charge is 0.470 e. The quantitative estimate of drug-likeness (QED) is 0.380. The molecule has 200 valence electrons. The molecule has 1 saturated heterocycles. The second-order valence-electron chi connectivity index (χ2n) is 9.82. The highest BCUT2D eigenvalue weighted by molar-refractivity contribution is 6.12. The van der Waals surface area contributed by atoms with Gasteiger partial charge in [0.05, 0.1) is 33.9 Å².